The predicted molar refractivity (Wildman–Crippen MR) is 68.9 cm³/mol. The van der Waals surface area contributed by atoms with Gasteiger partial charge in [-0.1, -0.05) is 15.9 Å². The largest absolute Gasteiger partial charge is 0.496 e. The van der Waals surface area contributed by atoms with E-state index in [0.29, 0.717) is 0 Å². The molecule has 0 aromatic heterocycles. The Kier molecular flexibility index (Phi) is 5.48. The van der Waals surface area contributed by atoms with Crippen LogP contribution < -0.4 is 4.74 Å². The normalized spacial score (nSPS) is 12.5. The van der Waals surface area contributed by atoms with E-state index in [1.54, 1.807) is 7.11 Å². The molecule has 0 amide bonds. The lowest BCUT2D eigenvalue weighted by Crippen LogP contribution is -1.96. The number of aryl methyl sites for hydroxylation is 1. The first-order valence-corrected chi connectivity index (χ1v) is 6.33. The van der Waals surface area contributed by atoms with Crippen LogP contribution in [-0.2, 0) is 6.42 Å². The number of rotatable bonds is 5. The van der Waals surface area contributed by atoms with Crippen LogP contribution >= 0.6 is 27.5 Å². The van der Waals surface area contributed by atoms with Crippen molar-refractivity contribution in [3.63, 3.8) is 0 Å². The molecule has 1 aromatic rings. The molecule has 15 heavy (non-hydrogen) atoms. The molecule has 0 radical (unpaired) electrons. The molecule has 0 spiro atoms. The van der Waals surface area contributed by atoms with Crippen molar-refractivity contribution in [2.45, 2.75) is 31.6 Å². The van der Waals surface area contributed by atoms with Crippen LogP contribution in [0.15, 0.2) is 22.7 Å². The minimum absolute atomic E-state index is 0.253. The van der Waals surface area contributed by atoms with Gasteiger partial charge in [-0.15, -0.1) is 11.6 Å². The molecule has 0 heterocycles. The quantitative estimate of drug-likeness (QED) is 0.730. The van der Waals surface area contributed by atoms with Crippen LogP contribution in [-0.4, -0.2) is 12.5 Å². The molecule has 0 aliphatic rings. The van der Waals surface area contributed by atoms with Gasteiger partial charge < -0.3 is 4.74 Å². The van der Waals surface area contributed by atoms with Crippen molar-refractivity contribution in [2.24, 2.45) is 0 Å². The lowest BCUT2D eigenvalue weighted by atomic mass is 10.1. The Bertz CT molecular complexity index is 312. The number of ether oxygens (including phenoxy) is 1. The van der Waals surface area contributed by atoms with Gasteiger partial charge in [-0.25, -0.2) is 0 Å². The molecule has 0 bridgehead atoms. The van der Waals surface area contributed by atoms with E-state index in [9.17, 15) is 0 Å². The molecule has 1 unspecified atom stereocenters. The van der Waals surface area contributed by atoms with Crippen molar-refractivity contribution in [1.29, 1.82) is 0 Å². The average molecular weight is 292 g/mol. The van der Waals surface area contributed by atoms with Crippen LogP contribution in [0.4, 0.5) is 0 Å². The molecule has 1 aromatic carbocycles. The standard InChI is InChI=1S/C12H16BrClO/c1-9(14)4-3-5-10-8-11(13)6-7-12(10)15-2/h6-9H,3-5H2,1-2H3. The van der Waals surface area contributed by atoms with Gasteiger partial charge in [0.05, 0.1) is 7.11 Å². The zero-order valence-corrected chi connectivity index (χ0v) is 11.4. The van der Waals surface area contributed by atoms with Crippen LogP contribution in [0.2, 0.25) is 0 Å². The summed E-state index contributed by atoms with van der Waals surface area (Å²) >= 11 is 9.37. The van der Waals surface area contributed by atoms with Crippen LogP contribution in [0.3, 0.4) is 0 Å². The second-order valence-corrected chi connectivity index (χ2v) is 5.29. The third-order valence-corrected chi connectivity index (χ3v) is 3.00. The third-order valence-electron chi connectivity index (χ3n) is 2.29. The summed E-state index contributed by atoms with van der Waals surface area (Å²) in [5.41, 5.74) is 1.24. The molecule has 1 atom stereocenters. The summed E-state index contributed by atoms with van der Waals surface area (Å²) < 4.78 is 6.40. The van der Waals surface area contributed by atoms with E-state index in [-0.39, 0.29) is 5.38 Å². The average Bonchev–Trinajstić information content (AvgIpc) is 2.17. The Morgan fingerprint density at radius 2 is 2.20 bits per heavy atom. The monoisotopic (exact) mass is 290 g/mol. The van der Waals surface area contributed by atoms with Gasteiger partial charge in [0.2, 0.25) is 0 Å². The summed E-state index contributed by atoms with van der Waals surface area (Å²) in [7, 11) is 1.71. The van der Waals surface area contributed by atoms with Crippen LogP contribution in [0.1, 0.15) is 25.3 Å². The SMILES string of the molecule is COc1ccc(Br)cc1CCCC(C)Cl. The van der Waals surface area contributed by atoms with E-state index in [4.69, 9.17) is 16.3 Å². The second kappa shape index (κ2) is 6.39. The minimum atomic E-state index is 0.253. The summed E-state index contributed by atoms with van der Waals surface area (Å²) in [6, 6.07) is 6.09. The Hall–Kier alpha value is -0.210. The molecule has 0 fully saturated rings. The maximum atomic E-state index is 5.91. The molecular weight excluding hydrogens is 275 g/mol. The smallest absolute Gasteiger partial charge is 0.122 e. The summed E-state index contributed by atoms with van der Waals surface area (Å²) in [6.45, 7) is 2.03. The lowest BCUT2D eigenvalue weighted by Gasteiger charge is -2.09. The zero-order valence-electron chi connectivity index (χ0n) is 9.09. The fourth-order valence-electron chi connectivity index (χ4n) is 1.52. The van der Waals surface area contributed by atoms with Crippen molar-refractivity contribution in [2.75, 3.05) is 7.11 Å². The van der Waals surface area contributed by atoms with E-state index in [2.05, 4.69) is 22.0 Å². The van der Waals surface area contributed by atoms with E-state index in [1.165, 1.54) is 5.56 Å². The lowest BCUT2D eigenvalue weighted by molar-refractivity contribution is 0.409. The number of hydrogen-bond donors (Lipinski definition) is 0. The highest BCUT2D eigenvalue weighted by atomic mass is 79.9. The molecule has 0 aliphatic carbocycles. The summed E-state index contributed by atoms with van der Waals surface area (Å²) in [4.78, 5) is 0. The summed E-state index contributed by atoms with van der Waals surface area (Å²) in [5, 5.41) is 0.253. The zero-order chi connectivity index (χ0) is 11.3. The summed E-state index contributed by atoms with van der Waals surface area (Å²) in [5.74, 6) is 0.959. The Labute approximate surface area is 105 Å². The van der Waals surface area contributed by atoms with Crippen molar-refractivity contribution in [3.8, 4) is 5.75 Å². The van der Waals surface area contributed by atoms with Crippen LogP contribution in [0.25, 0.3) is 0 Å². The number of methoxy groups -OCH3 is 1. The Morgan fingerprint density at radius 3 is 2.80 bits per heavy atom. The van der Waals surface area contributed by atoms with Gasteiger partial charge in [-0.05, 0) is 49.9 Å². The van der Waals surface area contributed by atoms with Gasteiger partial charge >= 0.3 is 0 Å². The van der Waals surface area contributed by atoms with Crippen LogP contribution in [0.5, 0.6) is 5.75 Å². The Morgan fingerprint density at radius 1 is 1.47 bits per heavy atom. The Balaban J connectivity index is 2.62. The van der Waals surface area contributed by atoms with E-state index >= 15 is 0 Å². The first-order valence-electron chi connectivity index (χ1n) is 5.10. The first kappa shape index (κ1) is 12.9. The number of halogens is 2. The van der Waals surface area contributed by atoms with Gasteiger partial charge in [0.25, 0.3) is 0 Å². The highest BCUT2D eigenvalue weighted by Gasteiger charge is 2.04. The number of benzene rings is 1. The van der Waals surface area contributed by atoms with Crippen molar-refractivity contribution >= 4 is 27.5 Å². The second-order valence-electron chi connectivity index (χ2n) is 3.63. The maximum absolute atomic E-state index is 5.91. The molecule has 1 nitrogen and oxygen atoms in total. The van der Waals surface area contributed by atoms with Crippen LogP contribution in [0, 0.1) is 0 Å². The molecule has 1 rings (SSSR count). The van der Waals surface area contributed by atoms with Crippen molar-refractivity contribution < 1.29 is 4.74 Å². The highest BCUT2D eigenvalue weighted by molar-refractivity contribution is 9.10. The van der Waals surface area contributed by atoms with Crippen molar-refractivity contribution in [3.05, 3.63) is 28.2 Å². The van der Waals surface area contributed by atoms with E-state index < -0.39 is 0 Å². The summed E-state index contributed by atoms with van der Waals surface area (Å²) in [6.07, 6.45) is 3.15. The molecular formula is C12H16BrClO. The highest BCUT2D eigenvalue weighted by Crippen LogP contribution is 2.24. The van der Waals surface area contributed by atoms with Crippen molar-refractivity contribution in [1.82, 2.24) is 0 Å². The van der Waals surface area contributed by atoms with Gasteiger partial charge in [-0.2, -0.15) is 0 Å². The fraction of sp³-hybridized carbons (Fsp3) is 0.500. The fourth-order valence-corrected chi connectivity index (χ4v) is 2.08. The van der Waals surface area contributed by atoms with Gasteiger partial charge in [0.15, 0.2) is 0 Å². The van der Waals surface area contributed by atoms with Gasteiger partial charge in [-0.3, -0.25) is 0 Å². The molecule has 84 valence electrons. The van der Waals surface area contributed by atoms with Gasteiger partial charge in [0.1, 0.15) is 5.75 Å². The molecule has 0 saturated heterocycles. The van der Waals surface area contributed by atoms with E-state index in [0.717, 1.165) is 29.5 Å². The number of alkyl halides is 1. The number of hydrogen-bond acceptors (Lipinski definition) is 1. The third kappa shape index (κ3) is 4.43. The topological polar surface area (TPSA) is 9.23 Å². The minimum Gasteiger partial charge on any atom is -0.496 e. The molecule has 0 aliphatic heterocycles. The molecule has 0 N–H and O–H groups in total. The first-order chi connectivity index (χ1) is 7.13. The van der Waals surface area contributed by atoms with E-state index in [1.807, 2.05) is 19.1 Å². The molecule has 3 heteroatoms. The molecule has 0 saturated carbocycles. The predicted octanol–water partition coefficient (Wildman–Crippen LogP) is 4.41. The maximum Gasteiger partial charge on any atom is 0.122 e. The van der Waals surface area contributed by atoms with Gasteiger partial charge in [0, 0.05) is 9.85 Å².